The van der Waals surface area contributed by atoms with Gasteiger partial charge in [-0.1, -0.05) is 25.1 Å². The molecule has 1 heterocycles. The number of para-hydroxylation sites is 1. The number of anilines is 1. The fraction of sp³-hybridized carbons (Fsp3) is 0.600. The van der Waals surface area contributed by atoms with Crippen molar-refractivity contribution in [2.75, 3.05) is 24.5 Å². The van der Waals surface area contributed by atoms with E-state index in [1.807, 2.05) is 0 Å². The second-order valence-electron chi connectivity index (χ2n) is 5.19. The standard InChI is InChI=1S/C15H24N2/c1-13(8-10-16)5-4-11-17-12-9-14-6-2-3-7-15(14)17/h2-3,6-7,13H,4-5,8-12,16H2,1H3. The van der Waals surface area contributed by atoms with Gasteiger partial charge in [-0.25, -0.2) is 0 Å². The lowest BCUT2D eigenvalue weighted by Gasteiger charge is -2.20. The topological polar surface area (TPSA) is 29.3 Å². The van der Waals surface area contributed by atoms with Crippen molar-refractivity contribution in [3.8, 4) is 0 Å². The summed E-state index contributed by atoms with van der Waals surface area (Å²) in [6.07, 6.45) is 4.97. The number of nitrogens with zero attached hydrogens (tertiary/aromatic N) is 1. The van der Waals surface area contributed by atoms with Gasteiger partial charge in [0.1, 0.15) is 0 Å². The van der Waals surface area contributed by atoms with Crippen LogP contribution in [-0.2, 0) is 6.42 Å². The Morgan fingerprint density at radius 1 is 1.29 bits per heavy atom. The van der Waals surface area contributed by atoms with Crippen LogP contribution in [0.1, 0.15) is 31.7 Å². The highest BCUT2D eigenvalue weighted by molar-refractivity contribution is 5.57. The molecule has 0 aromatic heterocycles. The molecule has 2 N–H and O–H groups in total. The summed E-state index contributed by atoms with van der Waals surface area (Å²) in [5.41, 5.74) is 8.55. The van der Waals surface area contributed by atoms with Crippen LogP contribution >= 0.6 is 0 Å². The molecule has 1 aliphatic heterocycles. The minimum Gasteiger partial charge on any atom is -0.371 e. The first-order valence-electron chi connectivity index (χ1n) is 6.84. The van der Waals surface area contributed by atoms with Gasteiger partial charge >= 0.3 is 0 Å². The number of hydrogen-bond donors (Lipinski definition) is 1. The summed E-state index contributed by atoms with van der Waals surface area (Å²) in [4.78, 5) is 2.53. The first-order valence-corrected chi connectivity index (χ1v) is 6.84. The number of hydrogen-bond acceptors (Lipinski definition) is 2. The molecule has 94 valence electrons. The molecule has 2 heteroatoms. The van der Waals surface area contributed by atoms with E-state index in [-0.39, 0.29) is 0 Å². The van der Waals surface area contributed by atoms with E-state index in [0.717, 1.165) is 18.9 Å². The van der Waals surface area contributed by atoms with E-state index in [2.05, 4.69) is 36.1 Å². The zero-order valence-electron chi connectivity index (χ0n) is 10.9. The van der Waals surface area contributed by atoms with Crippen molar-refractivity contribution < 1.29 is 0 Å². The molecule has 1 aromatic rings. The maximum atomic E-state index is 5.58. The summed E-state index contributed by atoms with van der Waals surface area (Å²) in [5, 5.41) is 0. The van der Waals surface area contributed by atoms with E-state index in [4.69, 9.17) is 5.73 Å². The fourth-order valence-electron chi connectivity index (χ4n) is 2.70. The van der Waals surface area contributed by atoms with Gasteiger partial charge in [0.15, 0.2) is 0 Å². The van der Waals surface area contributed by atoms with Gasteiger partial charge in [-0.15, -0.1) is 0 Å². The van der Waals surface area contributed by atoms with Gasteiger partial charge in [-0.2, -0.15) is 0 Å². The smallest absolute Gasteiger partial charge is 0.0399 e. The first kappa shape index (κ1) is 12.4. The molecule has 1 atom stereocenters. The molecule has 0 bridgehead atoms. The van der Waals surface area contributed by atoms with Crippen molar-refractivity contribution in [2.24, 2.45) is 11.7 Å². The molecular formula is C15H24N2. The fourth-order valence-corrected chi connectivity index (χ4v) is 2.70. The zero-order valence-corrected chi connectivity index (χ0v) is 10.9. The summed E-state index contributed by atoms with van der Waals surface area (Å²) in [6.45, 7) is 5.54. The van der Waals surface area contributed by atoms with Crippen LogP contribution in [0.3, 0.4) is 0 Å². The molecule has 0 spiro atoms. The quantitative estimate of drug-likeness (QED) is 0.817. The summed E-state index contributed by atoms with van der Waals surface area (Å²) in [6, 6.07) is 8.80. The van der Waals surface area contributed by atoms with Crippen LogP contribution in [0, 0.1) is 5.92 Å². The SMILES string of the molecule is CC(CCN)CCCN1CCc2ccccc21. The van der Waals surface area contributed by atoms with Gasteiger partial charge < -0.3 is 10.6 Å². The van der Waals surface area contributed by atoms with E-state index in [1.54, 1.807) is 0 Å². The lowest BCUT2D eigenvalue weighted by molar-refractivity contribution is 0.481. The summed E-state index contributed by atoms with van der Waals surface area (Å²) in [7, 11) is 0. The summed E-state index contributed by atoms with van der Waals surface area (Å²) in [5.74, 6) is 0.776. The third-order valence-corrected chi connectivity index (χ3v) is 3.77. The van der Waals surface area contributed by atoms with E-state index < -0.39 is 0 Å². The summed E-state index contributed by atoms with van der Waals surface area (Å²) < 4.78 is 0. The van der Waals surface area contributed by atoms with Crippen molar-refractivity contribution in [3.63, 3.8) is 0 Å². The number of fused-ring (bicyclic) bond motifs is 1. The van der Waals surface area contributed by atoms with Gasteiger partial charge in [0.2, 0.25) is 0 Å². The van der Waals surface area contributed by atoms with Gasteiger partial charge in [-0.3, -0.25) is 0 Å². The van der Waals surface area contributed by atoms with E-state index in [0.29, 0.717) is 0 Å². The van der Waals surface area contributed by atoms with Crippen LogP contribution in [0.15, 0.2) is 24.3 Å². The second kappa shape index (κ2) is 6.06. The largest absolute Gasteiger partial charge is 0.371 e. The maximum Gasteiger partial charge on any atom is 0.0399 e. The van der Waals surface area contributed by atoms with Gasteiger partial charge in [0.25, 0.3) is 0 Å². The Morgan fingerprint density at radius 2 is 2.12 bits per heavy atom. The Morgan fingerprint density at radius 3 is 2.94 bits per heavy atom. The zero-order chi connectivity index (χ0) is 12.1. The first-order chi connectivity index (χ1) is 8.31. The van der Waals surface area contributed by atoms with Crippen molar-refractivity contribution in [1.29, 1.82) is 0 Å². The van der Waals surface area contributed by atoms with Gasteiger partial charge in [0, 0.05) is 18.8 Å². The van der Waals surface area contributed by atoms with Crippen molar-refractivity contribution in [1.82, 2.24) is 0 Å². The minimum atomic E-state index is 0.776. The van der Waals surface area contributed by atoms with Crippen molar-refractivity contribution in [2.45, 2.75) is 32.6 Å². The predicted octanol–water partition coefficient (Wildman–Crippen LogP) is 2.81. The third kappa shape index (κ3) is 3.22. The highest BCUT2D eigenvalue weighted by Crippen LogP contribution is 2.27. The predicted molar refractivity (Wildman–Crippen MR) is 74.4 cm³/mol. The van der Waals surface area contributed by atoms with Gasteiger partial charge in [0.05, 0.1) is 0 Å². The Bertz CT molecular complexity index is 349. The number of rotatable bonds is 6. The Kier molecular flexibility index (Phi) is 4.43. The number of benzene rings is 1. The molecule has 1 aliphatic rings. The summed E-state index contributed by atoms with van der Waals surface area (Å²) >= 11 is 0. The van der Waals surface area contributed by atoms with Crippen LogP contribution in [0.2, 0.25) is 0 Å². The van der Waals surface area contributed by atoms with Crippen LogP contribution in [0.25, 0.3) is 0 Å². The molecular weight excluding hydrogens is 208 g/mol. The normalized spacial score (nSPS) is 16.0. The highest BCUT2D eigenvalue weighted by atomic mass is 15.1. The Hall–Kier alpha value is -1.02. The molecule has 0 fully saturated rings. The van der Waals surface area contributed by atoms with Crippen molar-refractivity contribution in [3.05, 3.63) is 29.8 Å². The molecule has 1 aromatic carbocycles. The third-order valence-electron chi connectivity index (χ3n) is 3.77. The molecule has 17 heavy (non-hydrogen) atoms. The van der Waals surface area contributed by atoms with Crippen LogP contribution in [0.4, 0.5) is 5.69 Å². The lowest BCUT2D eigenvalue weighted by Crippen LogP contribution is -2.22. The lowest BCUT2D eigenvalue weighted by atomic mass is 10.0. The van der Waals surface area contributed by atoms with Crippen molar-refractivity contribution >= 4 is 5.69 Å². The monoisotopic (exact) mass is 232 g/mol. The highest BCUT2D eigenvalue weighted by Gasteiger charge is 2.17. The molecule has 0 radical (unpaired) electrons. The molecule has 0 saturated heterocycles. The molecule has 2 nitrogen and oxygen atoms in total. The van der Waals surface area contributed by atoms with E-state index in [9.17, 15) is 0 Å². The minimum absolute atomic E-state index is 0.776. The molecule has 0 amide bonds. The average molecular weight is 232 g/mol. The van der Waals surface area contributed by atoms with E-state index in [1.165, 1.54) is 43.6 Å². The second-order valence-corrected chi connectivity index (χ2v) is 5.19. The maximum absolute atomic E-state index is 5.58. The van der Waals surface area contributed by atoms with Crippen LogP contribution in [-0.4, -0.2) is 19.6 Å². The van der Waals surface area contributed by atoms with E-state index >= 15 is 0 Å². The molecule has 1 unspecified atom stereocenters. The molecule has 0 aliphatic carbocycles. The van der Waals surface area contributed by atoms with Crippen LogP contribution in [0.5, 0.6) is 0 Å². The van der Waals surface area contributed by atoms with Crippen LogP contribution < -0.4 is 10.6 Å². The Balaban J connectivity index is 1.78. The average Bonchev–Trinajstić information content (AvgIpc) is 2.73. The molecule has 0 saturated carbocycles. The number of nitrogens with two attached hydrogens (primary N) is 1. The van der Waals surface area contributed by atoms with Gasteiger partial charge in [-0.05, 0) is 49.8 Å². The Labute approximate surface area is 105 Å². The molecule has 2 rings (SSSR count).